The van der Waals surface area contributed by atoms with Crippen LogP contribution in [-0.4, -0.2) is 36.6 Å². The summed E-state index contributed by atoms with van der Waals surface area (Å²) in [6.45, 7) is 0. The summed E-state index contributed by atoms with van der Waals surface area (Å²) in [4.78, 5) is 12.9. The Morgan fingerprint density at radius 2 is 1.50 bits per heavy atom. The number of benzene rings is 2. The van der Waals surface area contributed by atoms with Crippen molar-refractivity contribution in [3.63, 3.8) is 0 Å². The molecule has 3 aromatic rings. The van der Waals surface area contributed by atoms with E-state index in [9.17, 15) is 20.1 Å². The minimum absolute atomic E-state index is 0.0665. The van der Waals surface area contributed by atoms with Crippen LogP contribution in [0.2, 0.25) is 0 Å². The summed E-state index contributed by atoms with van der Waals surface area (Å²) in [5.41, 5.74) is -0.309. The lowest BCUT2D eigenvalue weighted by Crippen LogP contribution is -2.06. The summed E-state index contributed by atoms with van der Waals surface area (Å²) in [5, 5.41) is 29.9. The Bertz CT molecular complexity index is 1050. The molecule has 0 unspecified atom stereocenters. The summed E-state index contributed by atoms with van der Waals surface area (Å²) < 4.78 is 20.7. The summed E-state index contributed by atoms with van der Waals surface area (Å²) >= 11 is 0. The van der Waals surface area contributed by atoms with Crippen LogP contribution in [0, 0.1) is 0 Å². The van der Waals surface area contributed by atoms with Gasteiger partial charge in [-0.05, 0) is 17.7 Å². The molecule has 3 N–H and O–H groups in total. The largest absolute Gasteiger partial charge is 0.507 e. The molecule has 26 heavy (non-hydrogen) atoms. The second kappa shape index (κ2) is 6.40. The monoisotopic (exact) mass is 360 g/mol. The normalized spacial score (nSPS) is 10.7. The lowest BCUT2D eigenvalue weighted by molar-refractivity contribution is 0.333. The van der Waals surface area contributed by atoms with Crippen LogP contribution in [0.3, 0.4) is 0 Å². The van der Waals surface area contributed by atoms with E-state index >= 15 is 0 Å². The van der Waals surface area contributed by atoms with Gasteiger partial charge in [-0.25, -0.2) is 0 Å². The fourth-order valence-corrected chi connectivity index (χ4v) is 2.75. The van der Waals surface area contributed by atoms with Crippen LogP contribution in [0.1, 0.15) is 0 Å². The first kappa shape index (κ1) is 17.3. The molecule has 0 aliphatic rings. The fourth-order valence-electron chi connectivity index (χ4n) is 2.75. The van der Waals surface area contributed by atoms with E-state index in [4.69, 9.17) is 18.6 Å². The smallest absolute Gasteiger partial charge is 0.204 e. The molecule has 2 aromatic carbocycles. The predicted molar refractivity (Wildman–Crippen MR) is 92.6 cm³/mol. The molecule has 1 aromatic heterocycles. The minimum Gasteiger partial charge on any atom is -0.507 e. The minimum atomic E-state index is -0.575. The number of hydrogen-bond donors (Lipinski definition) is 3. The molecule has 8 nitrogen and oxygen atoms in total. The van der Waals surface area contributed by atoms with Crippen molar-refractivity contribution in [2.75, 3.05) is 21.3 Å². The molecule has 8 heteroatoms. The van der Waals surface area contributed by atoms with Crippen molar-refractivity contribution < 1.29 is 33.9 Å². The first-order valence-electron chi connectivity index (χ1n) is 7.42. The highest BCUT2D eigenvalue weighted by atomic mass is 16.5. The first-order chi connectivity index (χ1) is 12.4. The predicted octanol–water partition coefficient (Wildman–Crippen LogP) is 2.60. The van der Waals surface area contributed by atoms with Gasteiger partial charge < -0.3 is 33.9 Å². The highest BCUT2D eigenvalue weighted by molar-refractivity contribution is 5.93. The number of methoxy groups -OCH3 is 3. The van der Waals surface area contributed by atoms with Gasteiger partial charge in [-0.3, -0.25) is 4.79 Å². The molecule has 0 saturated heterocycles. The number of fused-ring (bicyclic) bond motifs is 1. The standard InChI is InChI=1S/C18H16O8/c1-23-13-5-8(4-11(20)16(13)24-2)9-7-26-18-14(15(9)22)10(19)6-12(21)17(18)25-3/h4-7,19-21H,1-3H3. The Balaban J connectivity index is 2.33. The van der Waals surface area contributed by atoms with Crippen LogP contribution in [0.15, 0.2) is 33.7 Å². The van der Waals surface area contributed by atoms with E-state index in [2.05, 4.69) is 0 Å². The second-order valence-corrected chi connectivity index (χ2v) is 5.36. The molecule has 0 aliphatic carbocycles. The Kier molecular flexibility index (Phi) is 4.25. The van der Waals surface area contributed by atoms with Crippen LogP contribution < -0.4 is 19.6 Å². The Labute approximate surface area is 147 Å². The quantitative estimate of drug-likeness (QED) is 0.650. The number of phenols is 3. The third kappa shape index (κ3) is 2.52. The van der Waals surface area contributed by atoms with Gasteiger partial charge in [-0.15, -0.1) is 0 Å². The third-order valence-corrected chi connectivity index (χ3v) is 3.94. The summed E-state index contributed by atoms with van der Waals surface area (Å²) in [6, 6.07) is 3.80. The molecule has 0 amide bonds. The van der Waals surface area contributed by atoms with Crippen molar-refractivity contribution in [1.29, 1.82) is 0 Å². The van der Waals surface area contributed by atoms with Gasteiger partial charge in [0.15, 0.2) is 22.8 Å². The van der Waals surface area contributed by atoms with Gasteiger partial charge in [-0.1, -0.05) is 0 Å². The highest BCUT2D eigenvalue weighted by Gasteiger charge is 2.21. The third-order valence-electron chi connectivity index (χ3n) is 3.94. The zero-order chi connectivity index (χ0) is 19.0. The Morgan fingerprint density at radius 3 is 2.12 bits per heavy atom. The molecule has 0 fully saturated rings. The van der Waals surface area contributed by atoms with Crippen molar-refractivity contribution in [3.05, 3.63) is 34.7 Å². The average Bonchev–Trinajstić information content (AvgIpc) is 2.61. The fraction of sp³-hybridized carbons (Fsp3) is 0.167. The lowest BCUT2D eigenvalue weighted by Gasteiger charge is -2.12. The van der Waals surface area contributed by atoms with Crippen molar-refractivity contribution >= 4 is 11.0 Å². The molecule has 0 atom stereocenters. The van der Waals surface area contributed by atoms with Crippen molar-refractivity contribution in [2.45, 2.75) is 0 Å². The first-order valence-corrected chi connectivity index (χ1v) is 7.42. The molecular weight excluding hydrogens is 344 g/mol. The van der Waals surface area contributed by atoms with Gasteiger partial charge in [-0.2, -0.15) is 0 Å². The molecule has 1 heterocycles. The SMILES string of the molecule is COc1cc(-c2coc3c(OC)c(O)cc(O)c3c2=O)cc(O)c1OC. The Hall–Kier alpha value is -3.55. The maximum atomic E-state index is 12.9. The van der Waals surface area contributed by atoms with E-state index in [1.54, 1.807) is 0 Å². The zero-order valence-corrected chi connectivity index (χ0v) is 14.2. The number of rotatable bonds is 4. The van der Waals surface area contributed by atoms with Gasteiger partial charge in [0, 0.05) is 6.07 Å². The van der Waals surface area contributed by atoms with Gasteiger partial charge in [0.1, 0.15) is 17.4 Å². The van der Waals surface area contributed by atoms with Crippen LogP contribution >= 0.6 is 0 Å². The van der Waals surface area contributed by atoms with Gasteiger partial charge in [0.25, 0.3) is 0 Å². The summed E-state index contributed by atoms with van der Waals surface area (Å²) in [5.74, 6) is -0.786. The van der Waals surface area contributed by atoms with Crippen LogP contribution in [0.5, 0.6) is 34.5 Å². The number of ether oxygens (including phenoxy) is 3. The number of aromatic hydroxyl groups is 3. The molecule has 0 saturated carbocycles. The maximum Gasteiger partial charge on any atom is 0.204 e. The Morgan fingerprint density at radius 1 is 0.846 bits per heavy atom. The average molecular weight is 360 g/mol. The van der Waals surface area contributed by atoms with Gasteiger partial charge in [0.2, 0.25) is 16.9 Å². The van der Waals surface area contributed by atoms with E-state index in [-0.39, 0.29) is 45.3 Å². The lowest BCUT2D eigenvalue weighted by atomic mass is 10.0. The molecule has 0 aliphatic heterocycles. The van der Waals surface area contributed by atoms with Crippen molar-refractivity contribution in [1.82, 2.24) is 0 Å². The maximum absolute atomic E-state index is 12.9. The summed E-state index contributed by atoms with van der Waals surface area (Å²) in [7, 11) is 4.06. The van der Waals surface area contributed by atoms with E-state index < -0.39 is 11.2 Å². The van der Waals surface area contributed by atoms with Crippen LogP contribution in [-0.2, 0) is 0 Å². The molecule has 0 radical (unpaired) electrons. The van der Waals surface area contributed by atoms with Crippen LogP contribution in [0.4, 0.5) is 0 Å². The van der Waals surface area contributed by atoms with E-state index in [0.29, 0.717) is 5.56 Å². The van der Waals surface area contributed by atoms with E-state index in [1.165, 1.54) is 33.5 Å². The molecule has 0 spiro atoms. The van der Waals surface area contributed by atoms with Gasteiger partial charge in [0.05, 0.1) is 26.9 Å². The highest BCUT2D eigenvalue weighted by Crippen LogP contribution is 2.42. The second-order valence-electron chi connectivity index (χ2n) is 5.36. The van der Waals surface area contributed by atoms with Crippen molar-refractivity contribution in [3.8, 4) is 45.6 Å². The van der Waals surface area contributed by atoms with Crippen LogP contribution in [0.25, 0.3) is 22.1 Å². The van der Waals surface area contributed by atoms with E-state index in [1.807, 2.05) is 0 Å². The molecule has 136 valence electrons. The molecule has 0 bridgehead atoms. The zero-order valence-electron chi connectivity index (χ0n) is 14.2. The number of phenolic OH excluding ortho intramolecular Hbond substituents is 3. The van der Waals surface area contributed by atoms with E-state index in [0.717, 1.165) is 12.3 Å². The number of hydrogen-bond acceptors (Lipinski definition) is 8. The summed E-state index contributed by atoms with van der Waals surface area (Å²) in [6.07, 6.45) is 1.15. The van der Waals surface area contributed by atoms with Crippen molar-refractivity contribution in [2.24, 2.45) is 0 Å². The molecular formula is C18H16O8. The van der Waals surface area contributed by atoms with Gasteiger partial charge >= 0.3 is 0 Å². The topological polar surface area (TPSA) is 119 Å². The molecule has 3 rings (SSSR count).